The van der Waals surface area contributed by atoms with Gasteiger partial charge in [-0.05, 0) is 45.9 Å². The van der Waals surface area contributed by atoms with E-state index in [1.165, 1.54) is 12.1 Å². The first-order chi connectivity index (χ1) is 8.99. The number of benzene rings is 1. The summed E-state index contributed by atoms with van der Waals surface area (Å²) >= 11 is 0. The normalized spacial score (nSPS) is 13.7. The second-order valence-corrected chi connectivity index (χ2v) is 7.56. The van der Waals surface area contributed by atoms with Crippen molar-refractivity contribution in [1.82, 2.24) is 0 Å². The maximum atomic E-state index is 11.8. The van der Waals surface area contributed by atoms with Gasteiger partial charge >= 0.3 is 5.97 Å². The number of ether oxygens (including phenoxy) is 2. The minimum absolute atomic E-state index is 0.145. The van der Waals surface area contributed by atoms with Crippen molar-refractivity contribution in [3.63, 3.8) is 0 Å². The molecule has 0 fully saturated rings. The van der Waals surface area contributed by atoms with Gasteiger partial charge in [-0.3, -0.25) is 0 Å². The zero-order valence-electron chi connectivity index (χ0n) is 12.3. The third-order valence-corrected chi connectivity index (χ3v) is 3.40. The van der Waals surface area contributed by atoms with E-state index in [-0.39, 0.29) is 4.90 Å². The standard InChI is InChI=1S/C14H20O5S/c1-10(13(15)19-14(2,3)4)18-11-7-6-8-12(9-11)20(5,16)17/h6-10H,1-5H3. The monoisotopic (exact) mass is 300 g/mol. The van der Waals surface area contributed by atoms with Gasteiger partial charge in [-0.15, -0.1) is 0 Å². The largest absolute Gasteiger partial charge is 0.479 e. The quantitative estimate of drug-likeness (QED) is 0.797. The smallest absolute Gasteiger partial charge is 0.347 e. The van der Waals surface area contributed by atoms with Crippen molar-refractivity contribution < 1.29 is 22.7 Å². The highest BCUT2D eigenvalue weighted by Gasteiger charge is 2.23. The molecule has 0 heterocycles. The Morgan fingerprint density at radius 3 is 2.35 bits per heavy atom. The molecular formula is C14H20O5S. The van der Waals surface area contributed by atoms with Crippen molar-refractivity contribution in [1.29, 1.82) is 0 Å². The molecule has 112 valence electrons. The predicted molar refractivity (Wildman–Crippen MR) is 75.5 cm³/mol. The average molecular weight is 300 g/mol. The maximum absolute atomic E-state index is 11.8. The van der Waals surface area contributed by atoms with Crippen LogP contribution >= 0.6 is 0 Å². The zero-order chi connectivity index (χ0) is 15.6. The zero-order valence-corrected chi connectivity index (χ0v) is 13.2. The minimum Gasteiger partial charge on any atom is -0.479 e. The summed E-state index contributed by atoms with van der Waals surface area (Å²) in [6.07, 6.45) is 0.299. The fraction of sp³-hybridized carbons (Fsp3) is 0.500. The molecule has 1 atom stereocenters. The van der Waals surface area contributed by atoms with Crippen molar-refractivity contribution in [2.45, 2.75) is 44.3 Å². The number of esters is 1. The van der Waals surface area contributed by atoms with Gasteiger partial charge in [0.15, 0.2) is 15.9 Å². The van der Waals surface area contributed by atoms with E-state index in [0.717, 1.165) is 6.26 Å². The first-order valence-electron chi connectivity index (χ1n) is 6.19. The van der Waals surface area contributed by atoms with Crippen molar-refractivity contribution in [2.24, 2.45) is 0 Å². The van der Waals surface area contributed by atoms with Gasteiger partial charge in [-0.1, -0.05) is 6.07 Å². The van der Waals surface area contributed by atoms with Crippen molar-refractivity contribution in [3.8, 4) is 5.75 Å². The van der Waals surface area contributed by atoms with Gasteiger partial charge < -0.3 is 9.47 Å². The molecular weight excluding hydrogens is 280 g/mol. The summed E-state index contributed by atoms with van der Waals surface area (Å²) in [7, 11) is -3.31. The Bertz CT molecular complexity index is 584. The Kier molecular flexibility index (Phi) is 4.81. The van der Waals surface area contributed by atoms with Gasteiger partial charge in [0.1, 0.15) is 11.4 Å². The number of hydrogen-bond acceptors (Lipinski definition) is 5. The molecule has 0 aliphatic heterocycles. The third-order valence-electron chi connectivity index (χ3n) is 2.29. The molecule has 1 unspecified atom stereocenters. The molecule has 1 aromatic rings. The van der Waals surface area contributed by atoms with Crippen LogP contribution in [0.1, 0.15) is 27.7 Å². The lowest BCUT2D eigenvalue weighted by atomic mass is 10.2. The summed E-state index contributed by atoms with van der Waals surface area (Å²) in [6.45, 7) is 6.85. The Balaban J connectivity index is 2.81. The lowest BCUT2D eigenvalue weighted by molar-refractivity contribution is -0.162. The Hall–Kier alpha value is -1.56. The van der Waals surface area contributed by atoms with Crippen LogP contribution in [0.2, 0.25) is 0 Å². The first kappa shape index (κ1) is 16.5. The summed E-state index contributed by atoms with van der Waals surface area (Å²) < 4.78 is 33.5. The van der Waals surface area contributed by atoms with Crippen LogP contribution in [-0.4, -0.2) is 32.3 Å². The van der Waals surface area contributed by atoms with Gasteiger partial charge in [0.25, 0.3) is 0 Å². The van der Waals surface area contributed by atoms with Gasteiger partial charge in [0.05, 0.1) is 4.90 Å². The van der Waals surface area contributed by atoms with Crippen LogP contribution in [0.4, 0.5) is 0 Å². The van der Waals surface area contributed by atoms with Crippen molar-refractivity contribution in [2.75, 3.05) is 6.26 Å². The number of carbonyl (C=O) groups excluding carboxylic acids is 1. The molecule has 0 aliphatic carbocycles. The highest BCUT2D eigenvalue weighted by atomic mass is 32.2. The van der Waals surface area contributed by atoms with E-state index >= 15 is 0 Å². The summed E-state index contributed by atoms with van der Waals surface area (Å²) in [5.41, 5.74) is -0.594. The second kappa shape index (κ2) is 5.83. The van der Waals surface area contributed by atoms with E-state index in [2.05, 4.69) is 0 Å². The van der Waals surface area contributed by atoms with E-state index in [9.17, 15) is 13.2 Å². The summed E-state index contributed by atoms with van der Waals surface area (Å²) in [6, 6.07) is 6.01. The predicted octanol–water partition coefficient (Wildman–Crippen LogP) is 2.20. The van der Waals surface area contributed by atoms with Gasteiger partial charge in [-0.25, -0.2) is 13.2 Å². The number of rotatable bonds is 4. The fourth-order valence-corrected chi connectivity index (χ4v) is 2.07. The molecule has 0 saturated carbocycles. The van der Waals surface area contributed by atoms with Crippen molar-refractivity contribution in [3.05, 3.63) is 24.3 Å². The van der Waals surface area contributed by atoms with Gasteiger partial charge in [0.2, 0.25) is 0 Å². The number of sulfone groups is 1. The Morgan fingerprint density at radius 1 is 1.25 bits per heavy atom. The van der Waals surface area contributed by atoms with E-state index in [4.69, 9.17) is 9.47 Å². The van der Waals surface area contributed by atoms with Crippen LogP contribution in [-0.2, 0) is 19.4 Å². The van der Waals surface area contributed by atoms with E-state index in [1.54, 1.807) is 39.8 Å². The molecule has 0 aromatic heterocycles. The van der Waals surface area contributed by atoms with Crippen LogP contribution in [0.3, 0.4) is 0 Å². The van der Waals surface area contributed by atoms with Gasteiger partial charge in [-0.2, -0.15) is 0 Å². The first-order valence-corrected chi connectivity index (χ1v) is 8.08. The molecule has 5 nitrogen and oxygen atoms in total. The molecule has 6 heteroatoms. The summed E-state index contributed by atoms with van der Waals surface area (Å²) in [5.74, 6) is -0.187. The van der Waals surface area contributed by atoms with E-state index in [1.807, 2.05) is 0 Å². The maximum Gasteiger partial charge on any atom is 0.347 e. The second-order valence-electron chi connectivity index (χ2n) is 5.54. The fourth-order valence-electron chi connectivity index (χ4n) is 1.42. The lowest BCUT2D eigenvalue weighted by Crippen LogP contribution is -2.33. The molecule has 1 aromatic carbocycles. The molecule has 1 rings (SSSR count). The molecule has 20 heavy (non-hydrogen) atoms. The highest BCUT2D eigenvalue weighted by Crippen LogP contribution is 2.19. The summed E-state index contributed by atoms with van der Waals surface area (Å²) in [5, 5.41) is 0. The molecule has 0 N–H and O–H groups in total. The molecule has 0 radical (unpaired) electrons. The number of carbonyl (C=O) groups is 1. The van der Waals surface area contributed by atoms with E-state index < -0.39 is 27.5 Å². The highest BCUT2D eigenvalue weighted by molar-refractivity contribution is 7.90. The van der Waals surface area contributed by atoms with Gasteiger partial charge in [0, 0.05) is 6.26 Å². The lowest BCUT2D eigenvalue weighted by Gasteiger charge is -2.22. The molecule has 0 aliphatic rings. The van der Waals surface area contributed by atoms with Crippen LogP contribution in [0.25, 0.3) is 0 Å². The third kappa shape index (κ3) is 5.21. The van der Waals surface area contributed by atoms with Crippen molar-refractivity contribution >= 4 is 15.8 Å². The Labute approximate surface area is 119 Å². The van der Waals surface area contributed by atoms with Crippen LogP contribution in [0.15, 0.2) is 29.2 Å². The topological polar surface area (TPSA) is 69.7 Å². The molecule has 0 spiro atoms. The van der Waals surface area contributed by atoms with Crippen LogP contribution in [0.5, 0.6) is 5.75 Å². The Morgan fingerprint density at radius 2 is 1.85 bits per heavy atom. The molecule has 0 bridgehead atoms. The van der Waals surface area contributed by atoms with Crippen LogP contribution in [0, 0.1) is 0 Å². The van der Waals surface area contributed by atoms with E-state index in [0.29, 0.717) is 5.75 Å². The van der Waals surface area contributed by atoms with Crippen LogP contribution < -0.4 is 4.74 Å². The minimum atomic E-state index is -3.31. The summed E-state index contributed by atoms with van der Waals surface area (Å²) in [4.78, 5) is 11.9. The average Bonchev–Trinajstić information content (AvgIpc) is 2.25. The SMILES string of the molecule is CC(Oc1cccc(S(C)(=O)=O)c1)C(=O)OC(C)(C)C. The molecule has 0 saturated heterocycles. The molecule has 0 amide bonds. The number of hydrogen-bond donors (Lipinski definition) is 0.